The van der Waals surface area contributed by atoms with Crippen LogP contribution < -0.4 is 5.32 Å². The molecule has 20 heavy (non-hydrogen) atoms. The molecule has 1 aromatic rings. The third kappa shape index (κ3) is 4.45. The molecule has 112 valence electrons. The molecular weight excluding hydrogens is 272 g/mol. The molecule has 0 aliphatic carbocycles. The second-order valence-electron chi connectivity index (χ2n) is 5.66. The van der Waals surface area contributed by atoms with Crippen LogP contribution in [0.3, 0.4) is 0 Å². The van der Waals surface area contributed by atoms with Crippen molar-refractivity contribution in [1.82, 2.24) is 10.2 Å². The molecule has 0 bridgehead atoms. The van der Waals surface area contributed by atoms with Crippen LogP contribution in [-0.4, -0.2) is 42.8 Å². The standard InChI is InChI=1S/C16H25ClN2O/c1-13(15-4-2-3-5-16(15)17)18-12-14-6-8-19(9-7-14)10-11-20/h2-5,13-14,18,20H,6-12H2,1H3/t13-/m0/s1. The number of nitrogens with zero attached hydrogens (tertiary/aromatic N) is 1. The van der Waals surface area contributed by atoms with Crippen LogP contribution in [0, 0.1) is 5.92 Å². The number of nitrogens with one attached hydrogen (secondary N) is 1. The van der Waals surface area contributed by atoms with E-state index in [0.717, 1.165) is 37.1 Å². The third-order valence-corrected chi connectivity index (χ3v) is 4.55. The number of halogens is 1. The Bertz CT molecular complexity index is 405. The summed E-state index contributed by atoms with van der Waals surface area (Å²) in [5, 5.41) is 13.4. The number of aliphatic hydroxyl groups is 1. The maximum atomic E-state index is 8.95. The van der Waals surface area contributed by atoms with Crippen molar-refractivity contribution in [2.24, 2.45) is 5.92 Å². The van der Waals surface area contributed by atoms with E-state index in [1.54, 1.807) is 0 Å². The minimum atomic E-state index is 0.270. The van der Waals surface area contributed by atoms with Gasteiger partial charge in [0.15, 0.2) is 0 Å². The van der Waals surface area contributed by atoms with E-state index in [-0.39, 0.29) is 6.61 Å². The molecule has 4 heteroatoms. The Hall–Kier alpha value is -0.610. The molecule has 1 fully saturated rings. The fraction of sp³-hybridized carbons (Fsp3) is 0.625. The molecule has 3 nitrogen and oxygen atoms in total. The minimum Gasteiger partial charge on any atom is -0.395 e. The first-order chi connectivity index (χ1) is 9.70. The van der Waals surface area contributed by atoms with Crippen LogP contribution in [0.5, 0.6) is 0 Å². The highest BCUT2D eigenvalue weighted by atomic mass is 35.5. The predicted molar refractivity (Wildman–Crippen MR) is 84.1 cm³/mol. The first kappa shape index (κ1) is 15.8. The van der Waals surface area contributed by atoms with Crippen LogP contribution in [0.15, 0.2) is 24.3 Å². The molecule has 1 aliphatic heterocycles. The first-order valence-electron chi connectivity index (χ1n) is 7.51. The van der Waals surface area contributed by atoms with Gasteiger partial charge in [-0.3, -0.25) is 0 Å². The lowest BCUT2D eigenvalue weighted by Gasteiger charge is -2.32. The Morgan fingerprint density at radius 1 is 1.35 bits per heavy atom. The van der Waals surface area contributed by atoms with Gasteiger partial charge in [0, 0.05) is 17.6 Å². The van der Waals surface area contributed by atoms with E-state index < -0.39 is 0 Å². The average molecular weight is 297 g/mol. The normalized spacial score (nSPS) is 19.1. The van der Waals surface area contributed by atoms with Gasteiger partial charge in [0.05, 0.1) is 6.61 Å². The number of β-amino-alcohol motifs (C(OH)–C–C–N with tert-alkyl or cyclic N) is 1. The quantitative estimate of drug-likeness (QED) is 0.847. The van der Waals surface area contributed by atoms with Crippen molar-refractivity contribution in [3.8, 4) is 0 Å². The highest BCUT2D eigenvalue weighted by Gasteiger charge is 2.19. The molecule has 0 aromatic heterocycles. The Kier molecular flexibility index (Phi) is 6.30. The summed E-state index contributed by atoms with van der Waals surface area (Å²) in [5.74, 6) is 0.731. The second kappa shape index (κ2) is 7.99. The second-order valence-corrected chi connectivity index (χ2v) is 6.07. The van der Waals surface area contributed by atoms with Gasteiger partial charge in [-0.2, -0.15) is 0 Å². The van der Waals surface area contributed by atoms with E-state index in [1.807, 2.05) is 18.2 Å². The van der Waals surface area contributed by atoms with Gasteiger partial charge in [-0.1, -0.05) is 29.8 Å². The molecule has 1 saturated heterocycles. The van der Waals surface area contributed by atoms with Crippen molar-refractivity contribution in [2.75, 3.05) is 32.8 Å². The molecule has 2 rings (SSSR count). The van der Waals surface area contributed by atoms with Gasteiger partial charge in [-0.05, 0) is 56.9 Å². The lowest BCUT2D eigenvalue weighted by Crippen LogP contribution is -2.39. The topological polar surface area (TPSA) is 35.5 Å². The molecule has 1 aliphatic rings. The van der Waals surface area contributed by atoms with E-state index in [1.165, 1.54) is 18.4 Å². The average Bonchev–Trinajstić information content (AvgIpc) is 2.47. The number of piperidine rings is 1. The first-order valence-corrected chi connectivity index (χ1v) is 7.89. The molecule has 1 aromatic carbocycles. The van der Waals surface area contributed by atoms with Gasteiger partial charge in [-0.25, -0.2) is 0 Å². The Labute approximate surface area is 126 Å². The monoisotopic (exact) mass is 296 g/mol. The molecule has 0 amide bonds. The molecule has 1 heterocycles. The molecule has 1 atom stereocenters. The summed E-state index contributed by atoms with van der Waals surface area (Å²) in [4.78, 5) is 2.34. The highest BCUT2D eigenvalue weighted by Crippen LogP contribution is 2.23. The zero-order valence-corrected chi connectivity index (χ0v) is 12.9. The maximum Gasteiger partial charge on any atom is 0.0558 e. The smallest absolute Gasteiger partial charge is 0.0558 e. The number of aliphatic hydroxyl groups excluding tert-OH is 1. The summed E-state index contributed by atoms with van der Waals surface area (Å²) in [5.41, 5.74) is 1.17. The van der Waals surface area contributed by atoms with Gasteiger partial charge < -0.3 is 15.3 Å². The fourth-order valence-electron chi connectivity index (χ4n) is 2.84. The number of likely N-dealkylation sites (tertiary alicyclic amines) is 1. The van der Waals surface area contributed by atoms with Crippen LogP contribution >= 0.6 is 11.6 Å². The van der Waals surface area contributed by atoms with Gasteiger partial charge >= 0.3 is 0 Å². The predicted octanol–water partition coefficient (Wildman–Crippen LogP) is 2.69. The lowest BCUT2D eigenvalue weighted by molar-refractivity contribution is 0.146. The number of hydrogen-bond acceptors (Lipinski definition) is 3. The lowest BCUT2D eigenvalue weighted by atomic mass is 9.96. The van der Waals surface area contributed by atoms with Crippen molar-refractivity contribution < 1.29 is 5.11 Å². The van der Waals surface area contributed by atoms with Crippen LogP contribution in [0.25, 0.3) is 0 Å². The zero-order valence-electron chi connectivity index (χ0n) is 12.2. The molecule has 0 unspecified atom stereocenters. The van der Waals surface area contributed by atoms with Crippen molar-refractivity contribution in [3.05, 3.63) is 34.9 Å². The van der Waals surface area contributed by atoms with E-state index >= 15 is 0 Å². The Morgan fingerprint density at radius 2 is 2.05 bits per heavy atom. The van der Waals surface area contributed by atoms with Crippen molar-refractivity contribution in [3.63, 3.8) is 0 Å². The number of rotatable bonds is 6. The van der Waals surface area contributed by atoms with Crippen LogP contribution in [-0.2, 0) is 0 Å². The van der Waals surface area contributed by atoms with Crippen LogP contribution in [0.2, 0.25) is 5.02 Å². The number of hydrogen-bond donors (Lipinski definition) is 2. The van der Waals surface area contributed by atoms with E-state index in [4.69, 9.17) is 16.7 Å². The Morgan fingerprint density at radius 3 is 2.70 bits per heavy atom. The van der Waals surface area contributed by atoms with E-state index in [9.17, 15) is 0 Å². The van der Waals surface area contributed by atoms with E-state index in [0.29, 0.717) is 6.04 Å². The minimum absolute atomic E-state index is 0.270. The summed E-state index contributed by atoms with van der Waals surface area (Å²) < 4.78 is 0. The maximum absolute atomic E-state index is 8.95. The van der Waals surface area contributed by atoms with Gasteiger partial charge in [0.1, 0.15) is 0 Å². The van der Waals surface area contributed by atoms with Gasteiger partial charge in [0.2, 0.25) is 0 Å². The molecule has 0 spiro atoms. The summed E-state index contributed by atoms with van der Waals surface area (Å²) >= 11 is 6.22. The van der Waals surface area contributed by atoms with Crippen molar-refractivity contribution >= 4 is 11.6 Å². The summed E-state index contributed by atoms with van der Waals surface area (Å²) in [6.45, 7) is 6.50. The van der Waals surface area contributed by atoms with Crippen molar-refractivity contribution in [1.29, 1.82) is 0 Å². The zero-order chi connectivity index (χ0) is 14.4. The molecule has 0 radical (unpaired) electrons. The third-order valence-electron chi connectivity index (χ3n) is 4.21. The fourth-order valence-corrected chi connectivity index (χ4v) is 3.13. The summed E-state index contributed by atoms with van der Waals surface area (Å²) in [6, 6.07) is 8.33. The summed E-state index contributed by atoms with van der Waals surface area (Å²) in [6.07, 6.45) is 2.42. The highest BCUT2D eigenvalue weighted by molar-refractivity contribution is 6.31. The summed E-state index contributed by atoms with van der Waals surface area (Å²) in [7, 11) is 0. The molecular formula is C16H25ClN2O. The Balaban J connectivity index is 1.75. The SMILES string of the molecule is C[C@H](NCC1CCN(CCO)CC1)c1ccccc1Cl. The van der Waals surface area contributed by atoms with Gasteiger partial charge in [0.25, 0.3) is 0 Å². The van der Waals surface area contributed by atoms with Crippen LogP contribution in [0.4, 0.5) is 0 Å². The molecule has 2 N–H and O–H groups in total. The largest absolute Gasteiger partial charge is 0.395 e. The van der Waals surface area contributed by atoms with E-state index in [2.05, 4.69) is 23.2 Å². The van der Waals surface area contributed by atoms with Gasteiger partial charge in [-0.15, -0.1) is 0 Å². The van der Waals surface area contributed by atoms with Crippen LogP contribution in [0.1, 0.15) is 31.4 Å². The van der Waals surface area contributed by atoms with Crippen molar-refractivity contribution in [2.45, 2.75) is 25.8 Å². The number of benzene rings is 1. The molecule has 0 saturated carbocycles.